The normalized spacial score (nSPS) is 43.2. The van der Waals surface area contributed by atoms with Gasteiger partial charge in [-0.1, -0.05) is 33.8 Å². The molecule has 0 saturated carbocycles. The summed E-state index contributed by atoms with van der Waals surface area (Å²) in [5, 5.41) is 12.2. The highest BCUT2D eigenvalue weighted by molar-refractivity contribution is 5.83. The van der Waals surface area contributed by atoms with Gasteiger partial charge in [-0.2, -0.15) is 0 Å². The van der Waals surface area contributed by atoms with Crippen LogP contribution in [0, 0.1) is 23.7 Å². The number of hydrogen-bond acceptors (Lipinski definition) is 16. The maximum absolute atomic E-state index is 14.6. The minimum absolute atomic E-state index is 0.0303. The van der Waals surface area contributed by atoms with E-state index in [1.54, 1.807) is 41.5 Å². The van der Waals surface area contributed by atoms with Crippen molar-refractivity contribution in [2.45, 2.75) is 193 Å². The molecule has 0 aromatic heterocycles. The van der Waals surface area contributed by atoms with Crippen LogP contribution in [0.15, 0.2) is 12.7 Å². The number of Topliss-reactive ketones (excluding diaryl/α,β-unsaturated/α-hetero) is 1. The third-order valence-corrected chi connectivity index (χ3v) is 13.1. The van der Waals surface area contributed by atoms with Gasteiger partial charge in [-0.25, -0.2) is 0 Å². The molecule has 0 aliphatic carbocycles. The number of methoxy groups -OCH3 is 2. The highest BCUT2D eigenvalue weighted by Gasteiger charge is 2.55. The van der Waals surface area contributed by atoms with Crippen molar-refractivity contribution < 1.29 is 71.7 Å². The van der Waals surface area contributed by atoms with Crippen molar-refractivity contribution in [1.82, 2.24) is 4.90 Å². The SMILES string of the molecule is C=CCO[C@@H]1[C@H](C)C(=O)[C@H](C)C[C@](C)(OC)[C@H](O[C@@H]2O[C@H](C)C[C@H](N(C)C)[C@H]2OC(C)=O)[C@@H](C)[C@H](O[C@H]2C[C@@](C)(OC)[C@@H](OC(C)=O)[C@H](C)O2)[C@@H](C)C(=O)O[C@H](CC)[C@@]1(C)O. The standard InChI is InChI=1S/C45H77NO15/c1-18-20-54-39-26(5)35(49)24(3)22-43(11,52-16)38(61-42-37(57-30(9)47)32(46(14)15)21-25(4)55-42)27(6)36(28(7)41(50)59-33(19-2)45(39,13)51)60-34-23-44(12,53-17)40(29(8)56-34)58-31(10)48/h18,24-29,32-34,36-40,42,51H,1,19-23H2,2-17H3/t24-,25-,26-,27+,28-,29+,32+,33-,34+,36+,37-,38-,39-,40+,42+,43+,44-,45-/m1/s1. The fourth-order valence-corrected chi connectivity index (χ4v) is 9.75. The van der Waals surface area contributed by atoms with E-state index < -0.39 is 114 Å². The van der Waals surface area contributed by atoms with Crippen LogP contribution in [0.1, 0.15) is 109 Å². The number of hydrogen-bond donors (Lipinski definition) is 1. The van der Waals surface area contributed by atoms with E-state index in [4.69, 9.17) is 47.4 Å². The second-order valence-electron chi connectivity index (χ2n) is 18.4. The van der Waals surface area contributed by atoms with E-state index >= 15 is 0 Å². The Balaban J connectivity index is 2.31. The predicted octanol–water partition coefficient (Wildman–Crippen LogP) is 4.79. The third-order valence-electron chi connectivity index (χ3n) is 13.1. The monoisotopic (exact) mass is 872 g/mol. The van der Waals surface area contributed by atoms with E-state index in [0.717, 1.165) is 0 Å². The van der Waals surface area contributed by atoms with Gasteiger partial charge in [-0.05, 0) is 74.9 Å². The molecule has 0 amide bonds. The lowest BCUT2D eigenvalue weighted by Crippen LogP contribution is -2.62. The summed E-state index contributed by atoms with van der Waals surface area (Å²) in [7, 11) is 6.82. The number of rotatable bonds is 13. The average Bonchev–Trinajstić information content (AvgIpc) is 3.18. The molecule has 3 fully saturated rings. The first-order valence-electron chi connectivity index (χ1n) is 21.7. The van der Waals surface area contributed by atoms with Crippen molar-refractivity contribution in [3.05, 3.63) is 12.7 Å². The molecular formula is C45H77NO15. The molecule has 0 spiro atoms. The van der Waals surface area contributed by atoms with Crippen molar-refractivity contribution in [1.29, 1.82) is 0 Å². The number of ketones is 1. The largest absolute Gasteiger partial charge is 0.459 e. The molecule has 3 saturated heterocycles. The van der Waals surface area contributed by atoms with Gasteiger partial charge in [-0.3, -0.25) is 19.2 Å². The molecule has 0 radical (unpaired) electrons. The molecule has 61 heavy (non-hydrogen) atoms. The molecule has 0 bridgehead atoms. The number of carbonyl (C=O) groups is 4. The zero-order valence-electron chi connectivity index (χ0n) is 39.6. The first-order chi connectivity index (χ1) is 28.3. The average molecular weight is 872 g/mol. The Hall–Kier alpha value is -2.54. The molecule has 1 N–H and O–H groups in total. The fraction of sp³-hybridized carbons (Fsp3) is 0.867. The Kier molecular flexibility index (Phi) is 19.0. The number of carbonyl (C=O) groups excluding carboxylic acids is 4. The molecule has 0 aromatic carbocycles. The lowest BCUT2D eigenvalue weighted by atomic mass is 9.73. The zero-order chi connectivity index (χ0) is 46.4. The molecule has 0 unspecified atom stereocenters. The van der Waals surface area contributed by atoms with Crippen LogP contribution in [0.4, 0.5) is 0 Å². The molecule has 16 heteroatoms. The number of aliphatic hydroxyl groups is 1. The van der Waals surface area contributed by atoms with E-state index in [1.165, 1.54) is 41.1 Å². The lowest BCUT2D eigenvalue weighted by Gasteiger charge is -2.50. The molecule has 0 aromatic rings. The van der Waals surface area contributed by atoms with Gasteiger partial charge in [0.15, 0.2) is 24.8 Å². The van der Waals surface area contributed by atoms with Gasteiger partial charge in [-0.15, -0.1) is 6.58 Å². The van der Waals surface area contributed by atoms with Crippen LogP contribution in [0.5, 0.6) is 0 Å². The first kappa shape index (κ1) is 52.8. The number of nitrogens with zero attached hydrogens (tertiary/aromatic N) is 1. The van der Waals surface area contributed by atoms with Crippen LogP contribution < -0.4 is 0 Å². The van der Waals surface area contributed by atoms with Crippen molar-refractivity contribution in [3.63, 3.8) is 0 Å². The third kappa shape index (κ3) is 12.4. The van der Waals surface area contributed by atoms with Gasteiger partial charge >= 0.3 is 17.9 Å². The molecule has 3 aliphatic rings. The Labute approximate surface area is 363 Å². The predicted molar refractivity (Wildman–Crippen MR) is 224 cm³/mol. The number of cyclic esters (lactones) is 1. The van der Waals surface area contributed by atoms with Crippen LogP contribution in [0.3, 0.4) is 0 Å². The maximum Gasteiger partial charge on any atom is 0.311 e. The maximum atomic E-state index is 14.6. The summed E-state index contributed by atoms with van der Waals surface area (Å²) >= 11 is 0. The van der Waals surface area contributed by atoms with E-state index in [1.807, 2.05) is 39.8 Å². The number of ether oxygens (including phenoxy) is 10. The fourth-order valence-electron chi connectivity index (χ4n) is 9.75. The first-order valence-corrected chi connectivity index (χ1v) is 21.7. The second kappa shape index (κ2) is 21.9. The van der Waals surface area contributed by atoms with Crippen LogP contribution >= 0.6 is 0 Å². The summed E-state index contributed by atoms with van der Waals surface area (Å²) < 4.78 is 63.2. The molecule has 3 heterocycles. The van der Waals surface area contributed by atoms with Crippen molar-refractivity contribution in [2.24, 2.45) is 23.7 Å². The molecular weight excluding hydrogens is 794 g/mol. The van der Waals surface area contributed by atoms with Crippen molar-refractivity contribution in [3.8, 4) is 0 Å². The van der Waals surface area contributed by atoms with E-state index in [2.05, 4.69) is 6.58 Å². The van der Waals surface area contributed by atoms with Crippen LogP contribution in [-0.4, -0.2) is 153 Å². The summed E-state index contributed by atoms with van der Waals surface area (Å²) in [6.45, 7) is 24.0. The quantitative estimate of drug-likeness (QED) is 0.151. The zero-order valence-corrected chi connectivity index (χ0v) is 39.6. The molecule has 3 rings (SSSR count). The molecule has 18 atom stereocenters. The number of esters is 3. The Morgan fingerprint density at radius 3 is 1.97 bits per heavy atom. The van der Waals surface area contributed by atoms with Gasteiger partial charge in [0.1, 0.15) is 23.1 Å². The molecule has 16 nitrogen and oxygen atoms in total. The minimum atomic E-state index is -1.82. The van der Waals surface area contributed by atoms with Crippen LogP contribution in [0.25, 0.3) is 0 Å². The Bertz CT molecular complexity index is 1490. The van der Waals surface area contributed by atoms with Gasteiger partial charge in [0.2, 0.25) is 0 Å². The second-order valence-corrected chi connectivity index (χ2v) is 18.4. The minimum Gasteiger partial charge on any atom is -0.459 e. The van der Waals surface area contributed by atoms with Crippen molar-refractivity contribution >= 4 is 23.7 Å². The Morgan fingerprint density at radius 1 is 0.852 bits per heavy atom. The Morgan fingerprint density at radius 2 is 1.44 bits per heavy atom. The van der Waals surface area contributed by atoms with Crippen LogP contribution in [0.2, 0.25) is 0 Å². The van der Waals surface area contributed by atoms with Crippen molar-refractivity contribution in [2.75, 3.05) is 34.9 Å². The lowest BCUT2D eigenvalue weighted by molar-refractivity contribution is -0.320. The van der Waals surface area contributed by atoms with Gasteiger partial charge in [0.05, 0.1) is 54.7 Å². The summed E-state index contributed by atoms with van der Waals surface area (Å²) in [6, 6.07) is -0.289. The van der Waals surface area contributed by atoms with E-state index in [9.17, 15) is 24.3 Å². The van der Waals surface area contributed by atoms with E-state index in [-0.39, 0.29) is 43.8 Å². The van der Waals surface area contributed by atoms with Gasteiger partial charge in [0, 0.05) is 52.2 Å². The van der Waals surface area contributed by atoms with Gasteiger partial charge in [0.25, 0.3) is 0 Å². The van der Waals surface area contributed by atoms with Crippen LogP contribution in [-0.2, 0) is 66.5 Å². The summed E-state index contributed by atoms with van der Waals surface area (Å²) in [6.07, 6.45) is -6.54. The summed E-state index contributed by atoms with van der Waals surface area (Å²) in [5.41, 5.74) is -4.17. The van der Waals surface area contributed by atoms with Gasteiger partial charge < -0.3 is 57.4 Å². The smallest absolute Gasteiger partial charge is 0.311 e. The molecule has 3 aliphatic heterocycles. The van der Waals surface area contributed by atoms with E-state index in [0.29, 0.717) is 6.42 Å². The molecule has 352 valence electrons. The topological polar surface area (TPSA) is 184 Å². The number of likely N-dealkylation sites (N-methyl/N-ethyl adjacent to an activating group) is 1. The summed E-state index contributed by atoms with van der Waals surface area (Å²) in [5.74, 6) is -5.28. The highest BCUT2D eigenvalue weighted by Crippen LogP contribution is 2.43. The highest BCUT2D eigenvalue weighted by atomic mass is 16.7. The summed E-state index contributed by atoms with van der Waals surface area (Å²) in [4.78, 5) is 55.9.